The van der Waals surface area contributed by atoms with E-state index >= 15 is 0 Å². The molecule has 1 heterocycles. The van der Waals surface area contributed by atoms with Crippen LogP contribution in [0.4, 0.5) is 0 Å². The standard InChI is InChI=1S/C13H21N5O/c1-7-15-10(17-16-7)6-18(2)13(19)11-8-3-4-9(5-8)12(11)14/h8-9,11-12H,3-6,14H2,1-2H3,(H,15,16,17). The Morgan fingerprint density at radius 1 is 1.47 bits per heavy atom. The van der Waals surface area contributed by atoms with E-state index in [9.17, 15) is 4.79 Å². The fourth-order valence-electron chi connectivity index (χ4n) is 3.71. The molecule has 6 heteroatoms. The van der Waals surface area contributed by atoms with Gasteiger partial charge in [-0.1, -0.05) is 0 Å². The van der Waals surface area contributed by atoms with E-state index in [1.54, 1.807) is 4.90 Å². The molecular weight excluding hydrogens is 242 g/mol. The van der Waals surface area contributed by atoms with Crippen LogP contribution in [0.3, 0.4) is 0 Å². The normalized spacial score (nSPS) is 32.8. The summed E-state index contributed by atoms with van der Waals surface area (Å²) in [5, 5.41) is 6.86. The minimum absolute atomic E-state index is 0.00351. The van der Waals surface area contributed by atoms with Gasteiger partial charge in [0, 0.05) is 13.1 Å². The molecule has 1 amide bonds. The summed E-state index contributed by atoms with van der Waals surface area (Å²) in [5.74, 6) is 2.63. The zero-order valence-corrected chi connectivity index (χ0v) is 11.5. The first-order chi connectivity index (χ1) is 9.06. The van der Waals surface area contributed by atoms with Gasteiger partial charge in [-0.05, 0) is 38.0 Å². The summed E-state index contributed by atoms with van der Waals surface area (Å²) >= 11 is 0. The summed E-state index contributed by atoms with van der Waals surface area (Å²) in [6, 6.07) is 0.0441. The van der Waals surface area contributed by atoms with Gasteiger partial charge in [0.2, 0.25) is 5.91 Å². The number of rotatable bonds is 3. The van der Waals surface area contributed by atoms with Crippen LogP contribution in [0.15, 0.2) is 0 Å². The molecule has 2 bridgehead atoms. The minimum Gasteiger partial charge on any atom is -0.338 e. The number of H-pyrrole nitrogens is 1. The lowest BCUT2D eigenvalue weighted by molar-refractivity contribution is -0.137. The Hall–Kier alpha value is -1.43. The van der Waals surface area contributed by atoms with Gasteiger partial charge in [-0.2, -0.15) is 5.10 Å². The number of aromatic amines is 1. The van der Waals surface area contributed by atoms with E-state index in [0.717, 1.165) is 18.7 Å². The summed E-state index contributed by atoms with van der Waals surface area (Å²) < 4.78 is 0. The highest BCUT2D eigenvalue weighted by Gasteiger charge is 2.49. The number of nitrogens with zero attached hydrogens (tertiary/aromatic N) is 3. The van der Waals surface area contributed by atoms with Crippen molar-refractivity contribution in [1.29, 1.82) is 0 Å². The van der Waals surface area contributed by atoms with E-state index < -0.39 is 0 Å². The van der Waals surface area contributed by atoms with Crippen LogP contribution in [0.25, 0.3) is 0 Å². The Morgan fingerprint density at radius 3 is 2.79 bits per heavy atom. The van der Waals surface area contributed by atoms with Crippen molar-refractivity contribution in [3.05, 3.63) is 11.6 Å². The Bertz CT molecular complexity index is 483. The Kier molecular flexibility index (Phi) is 3.05. The Balaban J connectivity index is 1.67. The number of aryl methyl sites for hydroxylation is 1. The molecule has 0 aliphatic heterocycles. The molecule has 0 spiro atoms. The van der Waals surface area contributed by atoms with Gasteiger partial charge < -0.3 is 10.6 Å². The molecule has 2 fully saturated rings. The van der Waals surface area contributed by atoms with Crippen molar-refractivity contribution in [2.24, 2.45) is 23.5 Å². The van der Waals surface area contributed by atoms with Crippen LogP contribution in [0.5, 0.6) is 0 Å². The van der Waals surface area contributed by atoms with Crippen molar-refractivity contribution in [3.8, 4) is 0 Å². The summed E-state index contributed by atoms with van der Waals surface area (Å²) in [5.41, 5.74) is 6.22. The molecule has 3 rings (SSSR count). The number of carbonyl (C=O) groups is 1. The highest BCUT2D eigenvalue weighted by atomic mass is 16.2. The molecule has 0 saturated heterocycles. The van der Waals surface area contributed by atoms with Crippen molar-refractivity contribution < 1.29 is 4.79 Å². The molecule has 1 aromatic rings. The molecule has 0 radical (unpaired) electrons. The predicted molar refractivity (Wildman–Crippen MR) is 69.9 cm³/mol. The molecule has 3 N–H and O–H groups in total. The second kappa shape index (κ2) is 4.59. The summed E-state index contributed by atoms with van der Waals surface area (Å²) in [6.45, 7) is 2.30. The van der Waals surface area contributed by atoms with Crippen LogP contribution < -0.4 is 5.73 Å². The van der Waals surface area contributed by atoms with Gasteiger partial charge in [-0.25, -0.2) is 4.98 Å². The Labute approximate surface area is 112 Å². The van der Waals surface area contributed by atoms with Crippen LogP contribution in [0.1, 0.15) is 30.9 Å². The SMILES string of the molecule is Cc1nc(CN(C)C(=O)C2C3CCC(C3)C2N)n[nH]1. The van der Waals surface area contributed by atoms with Crippen LogP contribution in [0, 0.1) is 24.7 Å². The van der Waals surface area contributed by atoms with E-state index in [-0.39, 0.29) is 17.9 Å². The van der Waals surface area contributed by atoms with Crippen LogP contribution in [-0.2, 0) is 11.3 Å². The van der Waals surface area contributed by atoms with Gasteiger partial charge in [-0.15, -0.1) is 0 Å². The third kappa shape index (κ3) is 2.14. The number of nitrogens with two attached hydrogens (primary N) is 1. The molecule has 2 saturated carbocycles. The quantitative estimate of drug-likeness (QED) is 0.828. The third-order valence-electron chi connectivity index (χ3n) is 4.66. The van der Waals surface area contributed by atoms with Gasteiger partial charge in [-0.3, -0.25) is 9.89 Å². The molecule has 4 atom stereocenters. The molecule has 1 aromatic heterocycles. The number of nitrogens with one attached hydrogen (secondary N) is 1. The average molecular weight is 263 g/mol. The summed E-state index contributed by atoms with van der Waals surface area (Å²) in [4.78, 5) is 18.5. The highest BCUT2D eigenvalue weighted by molar-refractivity contribution is 5.80. The number of amides is 1. The van der Waals surface area contributed by atoms with Gasteiger partial charge in [0.05, 0.1) is 12.5 Å². The average Bonchev–Trinajstić information content (AvgIpc) is 3.05. The zero-order valence-electron chi connectivity index (χ0n) is 11.5. The van der Waals surface area contributed by atoms with Gasteiger partial charge in [0.25, 0.3) is 0 Å². The lowest BCUT2D eigenvalue weighted by atomic mass is 9.84. The molecule has 0 aromatic carbocycles. The minimum atomic E-state index is 0.00351. The topological polar surface area (TPSA) is 87.9 Å². The number of fused-ring (bicyclic) bond motifs is 2. The van der Waals surface area contributed by atoms with Crippen molar-refractivity contribution in [2.75, 3.05) is 7.05 Å². The first kappa shape index (κ1) is 12.6. The number of hydrogen-bond donors (Lipinski definition) is 2. The smallest absolute Gasteiger partial charge is 0.227 e. The largest absolute Gasteiger partial charge is 0.338 e. The van der Waals surface area contributed by atoms with Crippen molar-refractivity contribution >= 4 is 5.91 Å². The maximum atomic E-state index is 12.5. The van der Waals surface area contributed by atoms with Crippen LogP contribution in [0.2, 0.25) is 0 Å². The van der Waals surface area contributed by atoms with Gasteiger partial charge in [0.15, 0.2) is 5.82 Å². The second-order valence-electron chi connectivity index (χ2n) is 5.97. The summed E-state index contributed by atoms with van der Waals surface area (Å²) in [6.07, 6.45) is 3.48. The molecule has 4 unspecified atom stereocenters. The Morgan fingerprint density at radius 2 is 2.21 bits per heavy atom. The van der Waals surface area contributed by atoms with E-state index in [0.29, 0.717) is 24.2 Å². The molecule has 2 aliphatic rings. The molecule has 104 valence electrons. The number of aromatic nitrogens is 3. The molecule has 19 heavy (non-hydrogen) atoms. The second-order valence-corrected chi connectivity index (χ2v) is 5.97. The maximum Gasteiger partial charge on any atom is 0.227 e. The lowest BCUT2D eigenvalue weighted by Crippen LogP contribution is -2.45. The highest BCUT2D eigenvalue weighted by Crippen LogP contribution is 2.48. The van der Waals surface area contributed by atoms with Gasteiger partial charge in [0.1, 0.15) is 5.82 Å². The van der Waals surface area contributed by atoms with Crippen molar-refractivity contribution in [2.45, 2.75) is 38.8 Å². The molecule has 6 nitrogen and oxygen atoms in total. The summed E-state index contributed by atoms with van der Waals surface area (Å²) in [7, 11) is 1.81. The van der Waals surface area contributed by atoms with Crippen LogP contribution in [-0.4, -0.2) is 39.1 Å². The van der Waals surface area contributed by atoms with Gasteiger partial charge >= 0.3 is 0 Å². The first-order valence-electron chi connectivity index (χ1n) is 6.94. The monoisotopic (exact) mass is 263 g/mol. The van der Waals surface area contributed by atoms with E-state index in [4.69, 9.17) is 5.73 Å². The fourth-order valence-corrected chi connectivity index (χ4v) is 3.71. The predicted octanol–water partition coefficient (Wildman–Crippen LogP) is 0.445. The van der Waals surface area contributed by atoms with E-state index in [2.05, 4.69) is 15.2 Å². The lowest BCUT2D eigenvalue weighted by Gasteiger charge is -2.30. The maximum absolute atomic E-state index is 12.5. The fraction of sp³-hybridized carbons (Fsp3) is 0.769. The van der Waals surface area contributed by atoms with E-state index in [1.807, 2.05) is 14.0 Å². The van der Waals surface area contributed by atoms with Crippen molar-refractivity contribution in [1.82, 2.24) is 20.1 Å². The molecular formula is C13H21N5O. The number of hydrogen-bond acceptors (Lipinski definition) is 4. The first-order valence-corrected chi connectivity index (χ1v) is 6.94. The number of carbonyl (C=O) groups excluding carboxylic acids is 1. The zero-order chi connectivity index (χ0) is 13.6. The van der Waals surface area contributed by atoms with Crippen LogP contribution >= 0.6 is 0 Å². The van der Waals surface area contributed by atoms with Crippen molar-refractivity contribution in [3.63, 3.8) is 0 Å². The third-order valence-corrected chi connectivity index (χ3v) is 4.66. The van der Waals surface area contributed by atoms with E-state index in [1.165, 1.54) is 6.42 Å². The molecule has 2 aliphatic carbocycles.